The maximum Gasteiger partial charge on any atom is 0.338 e. The Balaban J connectivity index is 1.78. The molecule has 0 unspecified atom stereocenters. The molecule has 2 rings (SSSR count). The van der Waals surface area contributed by atoms with Crippen LogP contribution in [0.1, 0.15) is 10.4 Å². The van der Waals surface area contributed by atoms with Crippen LogP contribution < -0.4 is 0 Å². The van der Waals surface area contributed by atoms with Crippen LogP contribution in [0.25, 0.3) is 0 Å². The lowest BCUT2D eigenvalue weighted by Gasteiger charge is -2.11. The minimum absolute atomic E-state index is 0.0682. The van der Waals surface area contributed by atoms with Crippen LogP contribution in [0, 0.1) is 0 Å². The molecule has 1 heterocycles. The van der Waals surface area contributed by atoms with Crippen molar-refractivity contribution in [3.05, 3.63) is 35.9 Å². The molecule has 2 atom stereocenters. The SMILES string of the molecule is COC(=O)[C@@H]1CO[C@H](COC(=O)c2ccccc2)O1. The molecule has 1 saturated heterocycles. The van der Waals surface area contributed by atoms with Crippen LogP contribution in [-0.2, 0) is 23.7 Å². The van der Waals surface area contributed by atoms with E-state index in [0.717, 1.165) is 0 Å². The van der Waals surface area contributed by atoms with Crippen LogP contribution in [0.4, 0.5) is 0 Å². The summed E-state index contributed by atoms with van der Waals surface area (Å²) in [6.07, 6.45) is -1.50. The Hall–Kier alpha value is -1.92. The topological polar surface area (TPSA) is 71.1 Å². The van der Waals surface area contributed by atoms with Gasteiger partial charge in [0.25, 0.3) is 0 Å². The lowest BCUT2D eigenvalue weighted by molar-refractivity contribution is -0.155. The number of ether oxygens (including phenoxy) is 4. The van der Waals surface area contributed by atoms with Gasteiger partial charge in [-0.25, -0.2) is 9.59 Å². The fourth-order valence-corrected chi connectivity index (χ4v) is 1.60. The first kappa shape index (κ1) is 13.5. The van der Waals surface area contributed by atoms with Gasteiger partial charge in [-0.15, -0.1) is 0 Å². The summed E-state index contributed by atoms with van der Waals surface area (Å²) in [6, 6.07) is 8.59. The quantitative estimate of drug-likeness (QED) is 0.749. The van der Waals surface area contributed by atoms with E-state index in [2.05, 4.69) is 4.74 Å². The number of methoxy groups -OCH3 is 1. The maximum absolute atomic E-state index is 11.6. The van der Waals surface area contributed by atoms with Gasteiger partial charge in [-0.1, -0.05) is 18.2 Å². The normalized spacial score (nSPS) is 21.9. The Kier molecular flexibility index (Phi) is 4.48. The summed E-state index contributed by atoms with van der Waals surface area (Å²) in [5, 5.41) is 0. The Morgan fingerprint density at radius 2 is 2.05 bits per heavy atom. The van der Waals surface area contributed by atoms with E-state index in [4.69, 9.17) is 14.2 Å². The van der Waals surface area contributed by atoms with Gasteiger partial charge >= 0.3 is 11.9 Å². The summed E-state index contributed by atoms with van der Waals surface area (Å²) in [5.41, 5.74) is 0.449. The smallest absolute Gasteiger partial charge is 0.338 e. The predicted molar refractivity (Wildman–Crippen MR) is 63.4 cm³/mol. The molecule has 0 radical (unpaired) electrons. The van der Waals surface area contributed by atoms with Crippen LogP contribution in [0.3, 0.4) is 0 Å². The Bertz CT molecular complexity index is 444. The average molecular weight is 266 g/mol. The van der Waals surface area contributed by atoms with Crippen LogP contribution in [0.5, 0.6) is 0 Å². The van der Waals surface area contributed by atoms with Gasteiger partial charge in [-0.3, -0.25) is 0 Å². The number of hydrogen-bond acceptors (Lipinski definition) is 6. The molecule has 6 nitrogen and oxygen atoms in total. The fourth-order valence-electron chi connectivity index (χ4n) is 1.60. The molecule has 0 N–H and O–H groups in total. The summed E-state index contributed by atoms with van der Waals surface area (Å²) in [7, 11) is 1.27. The monoisotopic (exact) mass is 266 g/mol. The van der Waals surface area contributed by atoms with E-state index in [-0.39, 0.29) is 13.2 Å². The maximum atomic E-state index is 11.6. The first-order valence-electron chi connectivity index (χ1n) is 5.78. The molecule has 19 heavy (non-hydrogen) atoms. The van der Waals surface area contributed by atoms with Crippen LogP contribution in [0.15, 0.2) is 30.3 Å². The van der Waals surface area contributed by atoms with Crippen molar-refractivity contribution >= 4 is 11.9 Å². The van der Waals surface area contributed by atoms with Crippen molar-refractivity contribution in [2.45, 2.75) is 12.4 Å². The standard InChI is InChI=1S/C13H14O6/c1-16-13(15)10-7-17-11(19-10)8-18-12(14)9-5-3-2-4-6-9/h2-6,10-11H,7-8H2,1H3/t10-,11-/m0/s1. The number of esters is 2. The largest absolute Gasteiger partial charge is 0.467 e. The first-order valence-corrected chi connectivity index (χ1v) is 5.78. The van der Waals surface area contributed by atoms with E-state index in [1.165, 1.54) is 7.11 Å². The zero-order valence-corrected chi connectivity index (χ0v) is 10.4. The van der Waals surface area contributed by atoms with Crippen molar-refractivity contribution in [3.8, 4) is 0 Å². The first-order chi connectivity index (χ1) is 9.20. The van der Waals surface area contributed by atoms with Gasteiger partial charge in [-0.2, -0.15) is 0 Å². The number of benzene rings is 1. The van der Waals surface area contributed by atoms with Gasteiger partial charge in [0.2, 0.25) is 0 Å². The number of hydrogen-bond donors (Lipinski definition) is 0. The third-order valence-corrected chi connectivity index (χ3v) is 2.57. The molecule has 1 aromatic rings. The third-order valence-electron chi connectivity index (χ3n) is 2.57. The van der Waals surface area contributed by atoms with Crippen molar-refractivity contribution in [3.63, 3.8) is 0 Å². The molecule has 0 spiro atoms. The van der Waals surface area contributed by atoms with Crippen molar-refractivity contribution in [1.82, 2.24) is 0 Å². The lowest BCUT2D eigenvalue weighted by Crippen LogP contribution is -2.26. The Morgan fingerprint density at radius 1 is 1.32 bits per heavy atom. The van der Waals surface area contributed by atoms with Gasteiger partial charge in [-0.05, 0) is 12.1 Å². The highest BCUT2D eigenvalue weighted by molar-refractivity contribution is 5.89. The molecule has 1 fully saturated rings. The van der Waals surface area contributed by atoms with E-state index in [0.29, 0.717) is 5.56 Å². The predicted octanol–water partition coefficient (Wildman–Crippen LogP) is 0.758. The summed E-state index contributed by atoms with van der Waals surface area (Å²) in [6.45, 7) is 0.0292. The lowest BCUT2D eigenvalue weighted by atomic mass is 10.2. The van der Waals surface area contributed by atoms with Gasteiger partial charge in [0.1, 0.15) is 6.61 Å². The molecule has 6 heteroatoms. The summed E-state index contributed by atoms with van der Waals surface area (Å²) < 4.78 is 20.0. The fraction of sp³-hybridized carbons (Fsp3) is 0.385. The zero-order chi connectivity index (χ0) is 13.7. The second-order valence-corrected chi connectivity index (χ2v) is 3.88. The van der Waals surface area contributed by atoms with Crippen molar-refractivity contribution in [1.29, 1.82) is 0 Å². The van der Waals surface area contributed by atoms with E-state index in [1.54, 1.807) is 30.3 Å². The number of carbonyl (C=O) groups excluding carboxylic acids is 2. The molecule has 0 aliphatic carbocycles. The van der Waals surface area contributed by atoms with Gasteiger partial charge < -0.3 is 18.9 Å². The zero-order valence-electron chi connectivity index (χ0n) is 10.4. The third kappa shape index (κ3) is 3.52. The van der Waals surface area contributed by atoms with Gasteiger partial charge in [0.05, 0.1) is 19.3 Å². The second kappa shape index (κ2) is 6.31. The highest BCUT2D eigenvalue weighted by atomic mass is 16.7. The van der Waals surface area contributed by atoms with Crippen LogP contribution in [0.2, 0.25) is 0 Å². The minimum atomic E-state index is -0.759. The van der Waals surface area contributed by atoms with Crippen LogP contribution in [-0.4, -0.2) is 44.7 Å². The molecule has 1 aromatic carbocycles. The molecule has 1 aliphatic rings. The van der Waals surface area contributed by atoms with Crippen molar-refractivity contribution in [2.75, 3.05) is 20.3 Å². The summed E-state index contributed by atoms with van der Waals surface area (Å²) in [4.78, 5) is 22.8. The van der Waals surface area contributed by atoms with E-state index < -0.39 is 24.3 Å². The second-order valence-electron chi connectivity index (χ2n) is 3.88. The molecule has 102 valence electrons. The van der Waals surface area contributed by atoms with E-state index >= 15 is 0 Å². The molecular formula is C13H14O6. The van der Waals surface area contributed by atoms with Crippen molar-refractivity contribution < 1.29 is 28.5 Å². The average Bonchev–Trinajstić information content (AvgIpc) is 2.93. The molecule has 0 aromatic heterocycles. The Labute approximate surface area is 110 Å². The van der Waals surface area contributed by atoms with Gasteiger partial charge in [0, 0.05) is 0 Å². The number of rotatable bonds is 4. The molecule has 1 aliphatic heterocycles. The molecule has 0 saturated carbocycles. The van der Waals surface area contributed by atoms with Crippen LogP contribution >= 0.6 is 0 Å². The summed E-state index contributed by atoms with van der Waals surface area (Å²) in [5.74, 6) is -0.966. The number of carbonyl (C=O) groups is 2. The Morgan fingerprint density at radius 3 is 2.74 bits per heavy atom. The molecule has 0 amide bonds. The highest BCUT2D eigenvalue weighted by Crippen LogP contribution is 2.13. The summed E-state index contributed by atoms with van der Waals surface area (Å²) >= 11 is 0. The van der Waals surface area contributed by atoms with E-state index in [1.807, 2.05) is 0 Å². The molecular weight excluding hydrogens is 252 g/mol. The van der Waals surface area contributed by atoms with Crippen molar-refractivity contribution in [2.24, 2.45) is 0 Å². The van der Waals surface area contributed by atoms with Gasteiger partial charge in [0.15, 0.2) is 12.4 Å². The highest BCUT2D eigenvalue weighted by Gasteiger charge is 2.33. The van der Waals surface area contributed by atoms with E-state index in [9.17, 15) is 9.59 Å². The minimum Gasteiger partial charge on any atom is -0.467 e. The molecule has 0 bridgehead atoms.